The topological polar surface area (TPSA) is 57.7 Å². The number of aromatic nitrogens is 1. The van der Waals surface area contributed by atoms with E-state index < -0.39 is 18.3 Å². The molecule has 1 aromatic heterocycles. The van der Waals surface area contributed by atoms with Crippen molar-refractivity contribution in [3.8, 4) is 0 Å². The van der Waals surface area contributed by atoms with E-state index in [2.05, 4.69) is 4.98 Å². The zero-order valence-corrected chi connectivity index (χ0v) is 13.5. The summed E-state index contributed by atoms with van der Waals surface area (Å²) < 4.78 is 16.8. The predicted molar refractivity (Wildman–Crippen MR) is 80.4 cm³/mol. The second-order valence-corrected chi connectivity index (χ2v) is 6.38. The molecule has 114 valence electrons. The number of hydrogen-bond donors (Lipinski definition) is 0. The number of nitrogens with zero attached hydrogens (tertiary/aromatic N) is 1. The summed E-state index contributed by atoms with van der Waals surface area (Å²) in [5.74, 6) is -0.659. The molecule has 1 atom stereocenters. The second-order valence-electron chi connectivity index (χ2n) is 6.38. The number of pyridine rings is 1. The third-order valence-electron chi connectivity index (χ3n) is 4.36. The molecular weight excluding hydrogens is 269 g/mol. The van der Waals surface area contributed by atoms with Crippen LogP contribution in [0.5, 0.6) is 0 Å². The van der Waals surface area contributed by atoms with Crippen molar-refractivity contribution in [1.29, 1.82) is 0 Å². The summed E-state index contributed by atoms with van der Waals surface area (Å²) in [4.78, 5) is 15.8. The monoisotopic (exact) mass is 291 g/mol. The second kappa shape index (κ2) is 5.42. The van der Waals surface area contributed by atoms with E-state index in [1.54, 1.807) is 19.3 Å². The standard InChI is InChI=1S/C15H22BNO4/c1-10(13(18)19-6)11-7-12(9-17-8-11)16-20-14(2,3)15(4,5)21-16/h7-10H,1-6H3. The number of rotatable bonds is 3. The van der Waals surface area contributed by atoms with Crippen molar-refractivity contribution < 1.29 is 18.8 Å². The molecule has 0 bridgehead atoms. The van der Waals surface area contributed by atoms with E-state index in [9.17, 15) is 4.79 Å². The third-order valence-corrected chi connectivity index (χ3v) is 4.36. The van der Waals surface area contributed by atoms with E-state index in [1.165, 1.54) is 7.11 Å². The van der Waals surface area contributed by atoms with Crippen LogP contribution in [0, 0.1) is 0 Å². The van der Waals surface area contributed by atoms with Crippen LogP contribution in [0.1, 0.15) is 46.1 Å². The fourth-order valence-corrected chi connectivity index (χ4v) is 2.13. The van der Waals surface area contributed by atoms with Gasteiger partial charge >= 0.3 is 13.1 Å². The van der Waals surface area contributed by atoms with E-state index >= 15 is 0 Å². The first-order chi connectivity index (χ1) is 9.68. The Hall–Kier alpha value is -1.40. The maximum absolute atomic E-state index is 11.6. The first-order valence-corrected chi connectivity index (χ1v) is 7.06. The Morgan fingerprint density at radius 3 is 2.33 bits per heavy atom. The average Bonchev–Trinajstić information content (AvgIpc) is 2.66. The van der Waals surface area contributed by atoms with Crippen LogP contribution < -0.4 is 5.46 Å². The molecule has 1 fully saturated rings. The molecule has 5 nitrogen and oxygen atoms in total. The van der Waals surface area contributed by atoms with Gasteiger partial charge in [-0.05, 0) is 40.2 Å². The minimum Gasteiger partial charge on any atom is -0.469 e. The Bertz CT molecular complexity index is 528. The Morgan fingerprint density at radius 1 is 1.24 bits per heavy atom. The fourth-order valence-electron chi connectivity index (χ4n) is 2.13. The van der Waals surface area contributed by atoms with Gasteiger partial charge in [-0.3, -0.25) is 9.78 Å². The van der Waals surface area contributed by atoms with Crippen LogP contribution in [0.4, 0.5) is 0 Å². The average molecular weight is 291 g/mol. The van der Waals surface area contributed by atoms with E-state index in [0.717, 1.165) is 11.0 Å². The van der Waals surface area contributed by atoms with Crippen molar-refractivity contribution in [2.75, 3.05) is 7.11 Å². The van der Waals surface area contributed by atoms with Crippen molar-refractivity contribution >= 4 is 18.6 Å². The lowest BCUT2D eigenvalue weighted by Crippen LogP contribution is -2.41. The van der Waals surface area contributed by atoms with Gasteiger partial charge in [-0.1, -0.05) is 6.07 Å². The lowest BCUT2D eigenvalue weighted by molar-refractivity contribution is -0.142. The molecule has 1 aromatic rings. The molecule has 0 spiro atoms. The molecule has 2 rings (SSSR count). The van der Waals surface area contributed by atoms with Crippen molar-refractivity contribution in [2.24, 2.45) is 0 Å². The minimum absolute atomic E-state index is 0.289. The van der Waals surface area contributed by atoms with Crippen molar-refractivity contribution in [3.05, 3.63) is 24.0 Å². The van der Waals surface area contributed by atoms with Gasteiger partial charge in [0.2, 0.25) is 0 Å². The van der Waals surface area contributed by atoms with Gasteiger partial charge in [-0.15, -0.1) is 0 Å². The molecule has 0 radical (unpaired) electrons. The highest BCUT2D eigenvalue weighted by Crippen LogP contribution is 2.36. The summed E-state index contributed by atoms with van der Waals surface area (Å²) >= 11 is 0. The minimum atomic E-state index is -0.479. The molecule has 1 saturated heterocycles. The van der Waals surface area contributed by atoms with Crippen LogP contribution in [0.2, 0.25) is 0 Å². The highest BCUT2D eigenvalue weighted by atomic mass is 16.7. The molecule has 0 N–H and O–H groups in total. The van der Waals surface area contributed by atoms with Gasteiger partial charge in [0.05, 0.1) is 24.2 Å². The quantitative estimate of drug-likeness (QED) is 0.626. The molecule has 21 heavy (non-hydrogen) atoms. The molecule has 1 unspecified atom stereocenters. The fraction of sp³-hybridized carbons (Fsp3) is 0.600. The van der Waals surface area contributed by atoms with Gasteiger partial charge in [0, 0.05) is 17.9 Å². The first-order valence-electron chi connectivity index (χ1n) is 7.06. The van der Waals surface area contributed by atoms with Crippen LogP contribution >= 0.6 is 0 Å². The number of hydrogen-bond acceptors (Lipinski definition) is 5. The number of carbonyl (C=O) groups excluding carboxylic acids is 1. The highest BCUT2D eigenvalue weighted by Gasteiger charge is 2.51. The van der Waals surface area contributed by atoms with Crippen molar-refractivity contribution in [3.63, 3.8) is 0 Å². The molecule has 1 aliphatic rings. The Morgan fingerprint density at radius 2 is 1.81 bits per heavy atom. The SMILES string of the molecule is COC(=O)C(C)c1cncc(B2OC(C)(C)C(C)(C)O2)c1. The van der Waals surface area contributed by atoms with Crippen LogP contribution in [-0.2, 0) is 18.8 Å². The van der Waals surface area contributed by atoms with E-state index in [0.29, 0.717) is 0 Å². The normalized spacial score (nSPS) is 21.1. The number of esters is 1. The maximum atomic E-state index is 11.6. The summed E-state index contributed by atoms with van der Waals surface area (Å²) in [5.41, 5.74) is 0.791. The van der Waals surface area contributed by atoms with E-state index in [4.69, 9.17) is 14.0 Å². The van der Waals surface area contributed by atoms with Crippen LogP contribution in [0.3, 0.4) is 0 Å². The van der Waals surface area contributed by atoms with E-state index in [1.807, 2.05) is 33.8 Å². The Labute approximate surface area is 126 Å². The highest BCUT2D eigenvalue weighted by molar-refractivity contribution is 6.62. The molecule has 0 saturated carbocycles. The zero-order valence-electron chi connectivity index (χ0n) is 13.5. The van der Waals surface area contributed by atoms with Gasteiger partial charge in [-0.25, -0.2) is 0 Å². The van der Waals surface area contributed by atoms with Gasteiger partial charge < -0.3 is 14.0 Å². The zero-order chi connectivity index (χ0) is 15.8. The van der Waals surface area contributed by atoms with Crippen LogP contribution in [0.25, 0.3) is 0 Å². The third kappa shape index (κ3) is 2.96. The largest absolute Gasteiger partial charge is 0.496 e. The number of methoxy groups -OCH3 is 1. The van der Waals surface area contributed by atoms with Gasteiger partial charge in [0.1, 0.15) is 0 Å². The maximum Gasteiger partial charge on any atom is 0.496 e. The molecule has 1 aliphatic heterocycles. The lowest BCUT2D eigenvalue weighted by Gasteiger charge is -2.32. The summed E-state index contributed by atoms with van der Waals surface area (Å²) in [6.45, 7) is 9.79. The molecule has 0 aliphatic carbocycles. The van der Waals surface area contributed by atoms with Crippen LogP contribution in [-0.4, -0.2) is 36.4 Å². The molecule has 0 amide bonds. The summed E-state index contributed by atoms with van der Waals surface area (Å²) in [7, 11) is 0.900. The Balaban J connectivity index is 2.25. The van der Waals surface area contributed by atoms with Crippen molar-refractivity contribution in [2.45, 2.75) is 51.7 Å². The lowest BCUT2D eigenvalue weighted by atomic mass is 9.79. The number of ether oxygens (including phenoxy) is 1. The first kappa shape index (κ1) is 16.0. The summed E-state index contributed by atoms with van der Waals surface area (Å²) in [6, 6.07) is 1.89. The van der Waals surface area contributed by atoms with Gasteiger partial charge in [0.25, 0.3) is 0 Å². The summed E-state index contributed by atoms with van der Waals surface area (Å²) in [6.07, 6.45) is 3.37. The molecular formula is C15H22BNO4. The van der Waals surface area contributed by atoms with Gasteiger partial charge in [0.15, 0.2) is 0 Å². The van der Waals surface area contributed by atoms with Gasteiger partial charge in [-0.2, -0.15) is 0 Å². The molecule has 2 heterocycles. The smallest absolute Gasteiger partial charge is 0.469 e. The predicted octanol–water partition coefficient (Wildman–Crippen LogP) is 1.66. The summed E-state index contributed by atoms with van der Waals surface area (Å²) in [5, 5.41) is 0. The van der Waals surface area contributed by atoms with E-state index in [-0.39, 0.29) is 11.9 Å². The molecule has 6 heteroatoms. The molecule has 0 aromatic carbocycles. The number of carbonyl (C=O) groups is 1. The Kier molecular flexibility index (Phi) is 4.13. The van der Waals surface area contributed by atoms with Crippen molar-refractivity contribution in [1.82, 2.24) is 4.98 Å². The van der Waals surface area contributed by atoms with Crippen LogP contribution in [0.15, 0.2) is 18.5 Å².